The van der Waals surface area contributed by atoms with Crippen molar-refractivity contribution in [2.24, 2.45) is 0 Å². The van der Waals surface area contributed by atoms with E-state index >= 15 is 0 Å². The molecule has 1 aromatic carbocycles. The molecule has 7 heteroatoms. The molecule has 0 aliphatic heterocycles. The largest absolute Gasteiger partial charge is 0.348 e. The molecule has 3 aromatic heterocycles. The molecule has 1 N–H and O–H groups in total. The summed E-state index contributed by atoms with van der Waals surface area (Å²) in [5.74, 6) is -0.120. The lowest BCUT2D eigenvalue weighted by atomic mass is 10.1. The Morgan fingerprint density at radius 2 is 2.07 bits per heavy atom. The van der Waals surface area contributed by atoms with E-state index in [-0.39, 0.29) is 11.9 Å². The molecule has 0 saturated heterocycles. The van der Waals surface area contributed by atoms with Crippen LogP contribution in [-0.4, -0.2) is 31.3 Å². The van der Waals surface area contributed by atoms with E-state index in [1.54, 1.807) is 18.6 Å². The number of rotatable bonds is 5. The van der Waals surface area contributed by atoms with Crippen LogP contribution in [0.3, 0.4) is 0 Å². The summed E-state index contributed by atoms with van der Waals surface area (Å²) in [5.41, 5.74) is 4.55. The fraction of sp³-hybridized carbons (Fsp3) is 0.200. The highest BCUT2D eigenvalue weighted by atomic mass is 32.1. The van der Waals surface area contributed by atoms with Gasteiger partial charge in [0.05, 0.1) is 11.4 Å². The van der Waals surface area contributed by atoms with Gasteiger partial charge in [-0.25, -0.2) is 4.98 Å². The molecule has 27 heavy (non-hydrogen) atoms. The third kappa shape index (κ3) is 3.73. The molecular weight excluding hydrogens is 358 g/mol. The van der Waals surface area contributed by atoms with Gasteiger partial charge in [-0.15, -0.1) is 11.3 Å². The summed E-state index contributed by atoms with van der Waals surface area (Å²) < 4.78 is 1.85. The maximum absolute atomic E-state index is 12.7. The maximum atomic E-state index is 12.7. The van der Waals surface area contributed by atoms with Crippen molar-refractivity contribution < 1.29 is 4.79 Å². The smallest absolute Gasteiger partial charge is 0.269 e. The zero-order chi connectivity index (χ0) is 18.8. The Morgan fingerprint density at radius 1 is 1.26 bits per heavy atom. The zero-order valence-corrected chi connectivity index (χ0v) is 15.9. The quantitative estimate of drug-likeness (QED) is 0.578. The van der Waals surface area contributed by atoms with E-state index in [0.717, 1.165) is 21.9 Å². The van der Waals surface area contributed by atoms with Crippen LogP contribution in [0.15, 0.2) is 54.4 Å². The second-order valence-electron chi connectivity index (χ2n) is 6.54. The number of nitrogens with zero attached hydrogens (tertiary/aromatic N) is 4. The topological polar surface area (TPSA) is 72.2 Å². The van der Waals surface area contributed by atoms with Crippen LogP contribution in [0.5, 0.6) is 0 Å². The van der Waals surface area contributed by atoms with Gasteiger partial charge in [0.2, 0.25) is 0 Å². The van der Waals surface area contributed by atoms with Crippen molar-refractivity contribution in [3.8, 4) is 11.3 Å². The predicted molar refractivity (Wildman–Crippen MR) is 106 cm³/mol. The lowest BCUT2D eigenvalue weighted by molar-refractivity contribution is 0.0934. The number of thiazole rings is 1. The zero-order valence-electron chi connectivity index (χ0n) is 15.1. The molecule has 0 saturated carbocycles. The highest BCUT2D eigenvalue weighted by molar-refractivity contribution is 7.15. The maximum Gasteiger partial charge on any atom is 0.269 e. The van der Waals surface area contributed by atoms with Gasteiger partial charge < -0.3 is 5.32 Å². The molecule has 4 aromatic rings. The first-order valence-electron chi connectivity index (χ1n) is 8.69. The van der Waals surface area contributed by atoms with Crippen LogP contribution in [-0.2, 0) is 6.42 Å². The minimum absolute atomic E-state index is 0.0516. The normalized spacial score (nSPS) is 12.2. The van der Waals surface area contributed by atoms with Gasteiger partial charge in [-0.1, -0.05) is 29.8 Å². The number of nitrogens with one attached hydrogen (secondary N) is 1. The number of imidazole rings is 1. The van der Waals surface area contributed by atoms with Crippen molar-refractivity contribution in [3.05, 3.63) is 71.4 Å². The Bertz CT molecular complexity index is 1070. The monoisotopic (exact) mass is 377 g/mol. The third-order valence-electron chi connectivity index (χ3n) is 4.30. The molecule has 0 radical (unpaired) electrons. The fourth-order valence-corrected chi connectivity index (χ4v) is 3.76. The minimum atomic E-state index is -0.120. The van der Waals surface area contributed by atoms with Crippen LogP contribution in [0.1, 0.15) is 28.7 Å². The predicted octanol–water partition coefficient (Wildman–Crippen LogP) is 3.52. The van der Waals surface area contributed by atoms with Gasteiger partial charge in [-0.2, -0.15) is 0 Å². The first-order valence-corrected chi connectivity index (χ1v) is 9.57. The Morgan fingerprint density at radius 3 is 2.81 bits per heavy atom. The molecule has 0 aliphatic carbocycles. The number of aryl methyl sites for hydroxylation is 1. The van der Waals surface area contributed by atoms with Crippen molar-refractivity contribution in [3.63, 3.8) is 0 Å². The van der Waals surface area contributed by atoms with Gasteiger partial charge in [-0.3, -0.25) is 19.2 Å². The number of carbonyl (C=O) groups is 1. The van der Waals surface area contributed by atoms with Crippen LogP contribution in [0.25, 0.3) is 16.2 Å². The summed E-state index contributed by atoms with van der Waals surface area (Å²) in [7, 11) is 0. The van der Waals surface area contributed by atoms with Crippen LogP contribution in [0.4, 0.5) is 0 Å². The first-order chi connectivity index (χ1) is 13.1. The van der Waals surface area contributed by atoms with Crippen LogP contribution in [0.2, 0.25) is 0 Å². The van der Waals surface area contributed by atoms with E-state index in [1.165, 1.54) is 16.9 Å². The van der Waals surface area contributed by atoms with E-state index < -0.39 is 0 Å². The third-order valence-corrected chi connectivity index (χ3v) is 5.14. The van der Waals surface area contributed by atoms with E-state index in [1.807, 2.05) is 35.0 Å². The Hall–Kier alpha value is -3.06. The summed E-state index contributed by atoms with van der Waals surface area (Å²) in [6.07, 6.45) is 7.56. The van der Waals surface area contributed by atoms with E-state index in [0.29, 0.717) is 12.1 Å². The second-order valence-corrected chi connectivity index (χ2v) is 7.38. The Balaban J connectivity index is 1.52. The van der Waals surface area contributed by atoms with Crippen molar-refractivity contribution in [1.82, 2.24) is 24.7 Å². The Kier molecular flexibility index (Phi) is 4.68. The van der Waals surface area contributed by atoms with Crippen LogP contribution in [0, 0.1) is 6.92 Å². The first kappa shape index (κ1) is 17.4. The summed E-state index contributed by atoms with van der Waals surface area (Å²) in [6, 6.07) is 8.16. The van der Waals surface area contributed by atoms with Gasteiger partial charge >= 0.3 is 0 Å². The molecule has 4 rings (SSSR count). The highest BCUT2D eigenvalue weighted by Crippen LogP contribution is 2.24. The second kappa shape index (κ2) is 7.28. The molecule has 0 bridgehead atoms. The number of aromatic nitrogens is 4. The number of hydrogen-bond donors (Lipinski definition) is 1. The van der Waals surface area contributed by atoms with E-state index in [4.69, 9.17) is 0 Å². The summed E-state index contributed by atoms with van der Waals surface area (Å²) >= 11 is 1.46. The summed E-state index contributed by atoms with van der Waals surface area (Å²) in [5, 5.41) is 4.87. The molecule has 6 nitrogen and oxygen atoms in total. The lowest BCUT2D eigenvalue weighted by Crippen LogP contribution is -2.34. The standard InChI is InChI=1S/C20H19N5OS/c1-13-3-5-15(6-4-13)17-11-25-18(12-27-20(25)24-17)19(26)23-14(2)9-16-10-21-7-8-22-16/h3-8,10-12,14H,9H2,1-2H3,(H,23,26)/t14-/m0/s1. The van der Waals surface area contributed by atoms with Gasteiger partial charge in [0, 0.05) is 48.2 Å². The van der Waals surface area contributed by atoms with Crippen LogP contribution >= 0.6 is 11.3 Å². The molecule has 136 valence electrons. The molecular formula is C20H19N5OS. The number of fused-ring (bicyclic) bond motifs is 1. The van der Waals surface area contributed by atoms with Gasteiger partial charge in [0.25, 0.3) is 5.91 Å². The Labute approximate surface area is 160 Å². The molecule has 1 amide bonds. The molecule has 0 unspecified atom stereocenters. The van der Waals surface area contributed by atoms with E-state index in [9.17, 15) is 4.79 Å². The fourth-order valence-electron chi connectivity index (χ4n) is 2.91. The molecule has 0 fully saturated rings. The minimum Gasteiger partial charge on any atom is -0.348 e. The average molecular weight is 377 g/mol. The van der Waals surface area contributed by atoms with E-state index in [2.05, 4.69) is 39.3 Å². The molecule has 1 atom stereocenters. The van der Waals surface area contributed by atoms with Gasteiger partial charge in [0.15, 0.2) is 4.96 Å². The molecule has 3 heterocycles. The summed E-state index contributed by atoms with van der Waals surface area (Å²) in [4.78, 5) is 26.5. The number of carbonyl (C=O) groups excluding carboxylic acids is 1. The number of amides is 1. The molecule has 0 spiro atoms. The number of hydrogen-bond acceptors (Lipinski definition) is 5. The van der Waals surface area contributed by atoms with Gasteiger partial charge in [-0.05, 0) is 13.8 Å². The average Bonchev–Trinajstić information content (AvgIpc) is 3.23. The van der Waals surface area contributed by atoms with Crippen molar-refractivity contribution in [2.45, 2.75) is 26.3 Å². The van der Waals surface area contributed by atoms with Crippen molar-refractivity contribution >= 4 is 22.2 Å². The lowest BCUT2D eigenvalue weighted by Gasteiger charge is -2.12. The van der Waals surface area contributed by atoms with Crippen LogP contribution < -0.4 is 5.32 Å². The molecule has 0 aliphatic rings. The van der Waals surface area contributed by atoms with Gasteiger partial charge in [0.1, 0.15) is 5.69 Å². The number of benzene rings is 1. The van der Waals surface area contributed by atoms with Crippen molar-refractivity contribution in [1.29, 1.82) is 0 Å². The van der Waals surface area contributed by atoms with Crippen molar-refractivity contribution in [2.75, 3.05) is 0 Å². The SMILES string of the molecule is Cc1ccc(-c2cn3c(C(=O)N[C@@H](C)Cc4cnccn4)csc3n2)cc1. The highest BCUT2D eigenvalue weighted by Gasteiger charge is 2.17. The summed E-state index contributed by atoms with van der Waals surface area (Å²) in [6.45, 7) is 4.02.